The summed E-state index contributed by atoms with van der Waals surface area (Å²) in [6.07, 6.45) is 0. The molecule has 0 aliphatic rings. The Labute approximate surface area is 141 Å². The number of H-pyrrole nitrogens is 1. The van der Waals surface area contributed by atoms with Gasteiger partial charge in [-0.15, -0.1) is 0 Å². The third-order valence-corrected chi connectivity index (χ3v) is 3.16. The summed E-state index contributed by atoms with van der Waals surface area (Å²) in [5.41, 5.74) is 15.7. The Balaban J connectivity index is 1.80. The van der Waals surface area contributed by atoms with Crippen LogP contribution >= 0.6 is 0 Å². The molecule has 2 aromatic carbocycles. The van der Waals surface area contributed by atoms with Crippen LogP contribution in [-0.4, -0.2) is 15.0 Å². The van der Waals surface area contributed by atoms with Crippen LogP contribution in [0, 0.1) is 11.1 Å². The van der Waals surface area contributed by atoms with E-state index in [-0.39, 0.29) is 11.9 Å². The smallest absolute Gasteiger partial charge is 0.326 e. The minimum absolute atomic E-state index is 0.125. The van der Waals surface area contributed by atoms with Gasteiger partial charge in [0.2, 0.25) is 11.9 Å². The predicted molar refractivity (Wildman–Crippen MR) is 91.7 cm³/mol. The normalized spacial score (nSPS) is 10.1. The SMILES string of the molecule is N=Nc1ccc(Nc2nc(Nc3ccc(N=N)cc3)[nH]c(=O)n2)cc1. The van der Waals surface area contributed by atoms with E-state index in [1.165, 1.54) is 0 Å². The fourth-order valence-corrected chi connectivity index (χ4v) is 2.00. The molecule has 0 amide bonds. The molecular weight excluding hydrogens is 322 g/mol. The van der Waals surface area contributed by atoms with Crippen molar-refractivity contribution in [3.05, 3.63) is 59.0 Å². The Bertz CT molecular complexity index is 873. The number of nitrogens with one attached hydrogen (secondary N) is 5. The summed E-state index contributed by atoms with van der Waals surface area (Å²) in [5.74, 6) is 0.343. The van der Waals surface area contributed by atoms with E-state index in [2.05, 4.69) is 35.8 Å². The molecule has 0 aliphatic carbocycles. The lowest BCUT2D eigenvalue weighted by Gasteiger charge is -2.08. The van der Waals surface area contributed by atoms with Gasteiger partial charge in [-0.1, -0.05) is 0 Å². The zero-order valence-electron chi connectivity index (χ0n) is 12.8. The Kier molecular flexibility index (Phi) is 4.51. The van der Waals surface area contributed by atoms with Crippen molar-refractivity contribution in [2.24, 2.45) is 10.2 Å². The van der Waals surface area contributed by atoms with E-state index in [0.717, 1.165) is 0 Å². The van der Waals surface area contributed by atoms with Crippen molar-refractivity contribution in [1.82, 2.24) is 15.0 Å². The lowest BCUT2D eigenvalue weighted by atomic mass is 10.3. The van der Waals surface area contributed by atoms with E-state index in [1.807, 2.05) is 0 Å². The van der Waals surface area contributed by atoms with Crippen LogP contribution in [0.3, 0.4) is 0 Å². The molecule has 0 spiro atoms. The van der Waals surface area contributed by atoms with Crippen molar-refractivity contribution in [3.8, 4) is 0 Å². The number of hydrogen-bond acceptors (Lipinski definition) is 9. The highest BCUT2D eigenvalue weighted by molar-refractivity contribution is 5.60. The van der Waals surface area contributed by atoms with Crippen molar-refractivity contribution < 1.29 is 0 Å². The van der Waals surface area contributed by atoms with Crippen LogP contribution in [0.15, 0.2) is 63.6 Å². The summed E-state index contributed by atoms with van der Waals surface area (Å²) in [6.45, 7) is 0. The molecule has 1 heterocycles. The number of aromatic amines is 1. The van der Waals surface area contributed by atoms with Gasteiger partial charge in [0.15, 0.2) is 0 Å². The molecule has 0 aliphatic heterocycles. The van der Waals surface area contributed by atoms with Gasteiger partial charge in [-0.3, -0.25) is 4.98 Å². The Hall–Kier alpha value is -3.95. The third-order valence-electron chi connectivity index (χ3n) is 3.16. The van der Waals surface area contributed by atoms with Gasteiger partial charge in [0.1, 0.15) is 0 Å². The lowest BCUT2D eigenvalue weighted by Crippen LogP contribution is -2.16. The maximum atomic E-state index is 11.7. The van der Waals surface area contributed by atoms with Crippen LogP contribution in [0.5, 0.6) is 0 Å². The molecule has 0 saturated carbocycles. The Morgan fingerprint density at radius 2 is 1.32 bits per heavy atom. The van der Waals surface area contributed by atoms with Gasteiger partial charge in [0.05, 0.1) is 11.4 Å². The van der Waals surface area contributed by atoms with Gasteiger partial charge in [0.25, 0.3) is 0 Å². The average molecular weight is 335 g/mol. The number of anilines is 4. The largest absolute Gasteiger partial charge is 0.351 e. The molecule has 0 bridgehead atoms. The van der Waals surface area contributed by atoms with Gasteiger partial charge in [-0.2, -0.15) is 20.2 Å². The summed E-state index contributed by atoms with van der Waals surface area (Å²) in [6, 6.07) is 13.5. The van der Waals surface area contributed by atoms with E-state index >= 15 is 0 Å². The molecule has 5 N–H and O–H groups in total. The van der Waals surface area contributed by atoms with Crippen molar-refractivity contribution in [2.45, 2.75) is 0 Å². The molecule has 25 heavy (non-hydrogen) atoms. The zero-order valence-corrected chi connectivity index (χ0v) is 12.8. The van der Waals surface area contributed by atoms with E-state index in [4.69, 9.17) is 11.1 Å². The second kappa shape index (κ2) is 7.08. The highest BCUT2D eigenvalue weighted by Crippen LogP contribution is 2.20. The summed E-state index contributed by atoms with van der Waals surface area (Å²) in [5, 5.41) is 12.5. The maximum Gasteiger partial charge on any atom is 0.351 e. The second-order valence-electron chi connectivity index (χ2n) is 4.89. The number of nitrogens with zero attached hydrogens (tertiary/aromatic N) is 4. The van der Waals surface area contributed by atoms with Crippen LogP contribution in [-0.2, 0) is 0 Å². The van der Waals surface area contributed by atoms with Gasteiger partial charge >= 0.3 is 5.69 Å². The first-order chi connectivity index (χ1) is 12.2. The second-order valence-corrected chi connectivity index (χ2v) is 4.89. The highest BCUT2D eigenvalue weighted by Gasteiger charge is 2.04. The molecule has 0 fully saturated rings. The Morgan fingerprint density at radius 3 is 1.84 bits per heavy atom. The van der Waals surface area contributed by atoms with Crippen LogP contribution < -0.4 is 16.3 Å². The fourth-order valence-electron chi connectivity index (χ4n) is 2.00. The molecule has 0 saturated heterocycles. The van der Waals surface area contributed by atoms with E-state index in [1.54, 1.807) is 48.5 Å². The number of aromatic nitrogens is 3. The quantitative estimate of drug-likeness (QED) is 0.431. The first kappa shape index (κ1) is 15.9. The van der Waals surface area contributed by atoms with Gasteiger partial charge in [-0.25, -0.2) is 15.9 Å². The van der Waals surface area contributed by atoms with Crippen molar-refractivity contribution in [3.63, 3.8) is 0 Å². The van der Waals surface area contributed by atoms with Crippen LogP contribution in [0.2, 0.25) is 0 Å². The molecule has 0 radical (unpaired) electrons. The summed E-state index contributed by atoms with van der Waals surface area (Å²) in [7, 11) is 0. The fraction of sp³-hybridized carbons (Fsp3) is 0. The monoisotopic (exact) mass is 335 g/mol. The summed E-state index contributed by atoms with van der Waals surface area (Å²) >= 11 is 0. The standard InChI is InChI=1S/C15H13N9O/c16-23-11-5-1-9(2-6-11)18-13-20-14(22-15(25)21-13)19-10-3-7-12(24-17)8-4-10/h1-8,16-17H,(H3,18,19,20,21,22,25). The topological polar surface area (TPSA) is 155 Å². The first-order valence-corrected chi connectivity index (χ1v) is 7.14. The van der Waals surface area contributed by atoms with Crippen LogP contribution in [0.25, 0.3) is 0 Å². The number of benzene rings is 2. The van der Waals surface area contributed by atoms with Crippen LogP contribution in [0.1, 0.15) is 0 Å². The van der Waals surface area contributed by atoms with Gasteiger partial charge in [-0.05, 0) is 48.5 Å². The number of hydrogen-bond donors (Lipinski definition) is 5. The summed E-state index contributed by atoms with van der Waals surface area (Å²) in [4.78, 5) is 22.2. The highest BCUT2D eigenvalue weighted by atomic mass is 16.1. The lowest BCUT2D eigenvalue weighted by molar-refractivity contribution is 1.00. The average Bonchev–Trinajstić information content (AvgIpc) is 2.62. The zero-order chi connectivity index (χ0) is 17.6. The molecule has 124 valence electrons. The van der Waals surface area contributed by atoms with E-state index in [9.17, 15) is 4.79 Å². The van der Waals surface area contributed by atoms with Crippen molar-refractivity contribution in [1.29, 1.82) is 11.1 Å². The maximum absolute atomic E-state index is 11.7. The van der Waals surface area contributed by atoms with Crippen LogP contribution in [0.4, 0.5) is 34.6 Å². The molecule has 3 rings (SSSR count). The molecule has 10 nitrogen and oxygen atoms in total. The molecule has 0 atom stereocenters. The van der Waals surface area contributed by atoms with Gasteiger partial charge < -0.3 is 10.6 Å². The summed E-state index contributed by atoms with van der Waals surface area (Å²) < 4.78 is 0. The first-order valence-electron chi connectivity index (χ1n) is 7.14. The molecule has 0 unspecified atom stereocenters. The molecule has 10 heteroatoms. The van der Waals surface area contributed by atoms with Gasteiger partial charge in [0, 0.05) is 11.4 Å². The van der Waals surface area contributed by atoms with Crippen molar-refractivity contribution in [2.75, 3.05) is 10.6 Å². The number of rotatable bonds is 6. The predicted octanol–water partition coefficient (Wildman–Crippen LogP) is 3.98. The minimum Gasteiger partial charge on any atom is -0.326 e. The minimum atomic E-state index is -0.560. The molecular formula is C15H13N9O. The van der Waals surface area contributed by atoms with E-state index < -0.39 is 5.69 Å². The third kappa shape index (κ3) is 4.07. The van der Waals surface area contributed by atoms with Crippen molar-refractivity contribution >= 4 is 34.6 Å². The Morgan fingerprint density at radius 1 is 0.800 bits per heavy atom. The molecule has 1 aromatic heterocycles. The molecule has 3 aromatic rings. The van der Waals surface area contributed by atoms with E-state index in [0.29, 0.717) is 22.7 Å².